The lowest BCUT2D eigenvalue weighted by Crippen LogP contribution is -2.00. The maximum Gasteiger partial charge on any atom is 0.267 e. The highest BCUT2D eigenvalue weighted by molar-refractivity contribution is 5.10. The minimum absolute atomic E-state index is 0.625. The van der Waals surface area contributed by atoms with Crippen LogP contribution in [0.15, 0.2) is 23.8 Å². The van der Waals surface area contributed by atoms with Crippen LogP contribution >= 0.6 is 0 Å². The minimum Gasteiger partial charge on any atom is -0.250 e. The van der Waals surface area contributed by atoms with E-state index in [4.69, 9.17) is 0 Å². The lowest BCUT2D eigenvalue weighted by atomic mass is 10.0. The van der Waals surface area contributed by atoms with E-state index in [9.17, 15) is 13.2 Å². The van der Waals surface area contributed by atoms with Gasteiger partial charge in [-0.25, -0.2) is 0 Å². The molecule has 1 atom stereocenters. The molecule has 0 rings (SSSR count). The fourth-order valence-corrected chi connectivity index (χ4v) is 0.664. The van der Waals surface area contributed by atoms with E-state index in [1.807, 2.05) is 0 Å². The van der Waals surface area contributed by atoms with E-state index in [2.05, 4.69) is 0 Å². The Morgan fingerprint density at radius 2 is 2.00 bits per heavy atom. The molecule has 0 aliphatic heterocycles. The Labute approximate surface area is 64.4 Å². The Kier molecular flexibility index (Phi) is 4.66. The van der Waals surface area contributed by atoms with E-state index in [0.717, 1.165) is 0 Å². The second kappa shape index (κ2) is 4.99. The Morgan fingerprint density at radius 1 is 1.45 bits per heavy atom. The first-order valence-corrected chi connectivity index (χ1v) is 3.33. The SMILES string of the molecule is C/C=C(/C)[C@@H](C=C(F)F)CF. The van der Waals surface area contributed by atoms with Crippen molar-refractivity contribution in [2.24, 2.45) is 5.92 Å². The molecule has 64 valence electrons. The standard InChI is InChI=1S/C8H11F3/c1-3-6(2)7(5-9)4-8(10)11/h3-4,7H,5H2,1-2H3/b6-3-/t7-/m0/s1. The van der Waals surface area contributed by atoms with Gasteiger partial charge in [0.15, 0.2) is 0 Å². The van der Waals surface area contributed by atoms with Crippen molar-refractivity contribution in [2.45, 2.75) is 13.8 Å². The van der Waals surface area contributed by atoms with E-state index in [-0.39, 0.29) is 0 Å². The summed E-state index contributed by atoms with van der Waals surface area (Å²) in [4.78, 5) is 0. The maximum absolute atomic E-state index is 12.0. The highest BCUT2D eigenvalue weighted by Crippen LogP contribution is 2.15. The first-order valence-electron chi connectivity index (χ1n) is 3.33. The lowest BCUT2D eigenvalue weighted by Gasteiger charge is -2.06. The van der Waals surface area contributed by atoms with Gasteiger partial charge in [-0.1, -0.05) is 11.6 Å². The summed E-state index contributed by atoms with van der Waals surface area (Å²) < 4.78 is 35.3. The fraction of sp³-hybridized carbons (Fsp3) is 0.500. The molecule has 0 saturated carbocycles. The molecule has 0 N–H and O–H groups in total. The number of allylic oxidation sites excluding steroid dienone is 3. The molecule has 0 amide bonds. The Morgan fingerprint density at radius 3 is 2.27 bits per heavy atom. The van der Waals surface area contributed by atoms with Crippen LogP contribution in [-0.4, -0.2) is 6.67 Å². The molecule has 0 aromatic heterocycles. The zero-order valence-corrected chi connectivity index (χ0v) is 6.57. The van der Waals surface area contributed by atoms with Gasteiger partial charge >= 0.3 is 0 Å². The first-order chi connectivity index (χ1) is 5.11. The highest BCUT2D eigenvalue weighted by atomic mass is 19.3. The number of alkyl halides is 1. The molecule has 0 nitrogen and oxygen atoms in total. The first kappa shape index (κ1) is 10.3. The number of hydrogen-bond acceptors (Lipinski definition) is 0. The van der Waals surface area contributed by atoms with Crippen molar-refractivity contribution in [3.05, 3.63) is 23.8 Å². The van der Waals surface area contributed by atoms with Crippen LogP contribution in [0, 0.1) is 5.92 Å². The average Bonchev–Trinajstić information content (AvgIpc) is 1.98. The molecule has 0 fully saturated rings. The molecule has 0 aliphatic rings. The van der Waals surface area contributed by atoms with Gasteiger partial charge in [-0.2, -0.15) is 8.78 Å². The van der Waals surface area contributed by atoms with Gasteiger partial charge in [0.25, 0.3) is 6.08 Å². The Bertz CT molecular complexity index is 166. The lowest BCUT2D eigenvalue weighted by molar-refractivity contribution is 0.390. The molecule has 0 spiro atoms. The van der Waals surface area contributed by atoms with Crippen LogP contribution in [0.1, 0.15) is 13.8 Å². The molecule has 0 saturated heterocycles. The summed E-state index contributed by atoms with van der Waals surface area (Å²) in [7, 11) is 0. The number of halogens is 3. The number of hydrogen-bond donors (Lipinski definition) is 0. The third-order valence-electron chi connectivity index (χ3n) is 1.53. The molecule has 0 aromatic rings. The molecular weight excluding hydrogens is 153 g/mol. The van der Waals surface area contributed by atoms with Crippen molar-refractivity contribution >= 4 is 0 Å². The van der Waals surface area contributed by atoms with Crippen LogP contribution in [0.2, 0.25) is 0 Å². The van der Waals surface area contributed by atoms with Crippen LogP contribution in [0.25, 0.3) is 0 Å². The van der Waals surface area contributed by atoms with Gasteiger partial charge in [0.1, 0.15) is 0 Å². The predicted molar refractivity (Wildman–Crippen MR) is 39.2 cm³/mol. The van der Waals surface area contributed by atoms with Gasteiger partial charge in [-0.15, -0.1) is 0 Å². The van der Waals surface area contributed by atoms with Gasteiger partial charge < -0.3 is 0 Å². The van der Waals surface area contributed by atoms with Crippen molar-refractivity contribution in [2.75, 3.05) is 6.67 Å². The summed E-state index contributed by atoms with van der Waals surface area (Å²) in [6.07, 6.45) is 0.438. The van der Waals surface area contributed by atoms with Gasteiger partial charge in [0.2, 0.25) is 0 Å². The maximum atomic E-state index is 12.0. The summed E-state index contributed by atoms with van der Waals surface area (Å²) in [5.74, 6) is -0.759. The van der Waals surface area contributed by atoms with Crippen LogP contribution in [0.4, 0.5) is 13.2 Å². The van der Waals surface area contributed by atoms with Crippen molar-refractivity contribution in [1.82, 2.24) is 0 Å². The molecule has 0 heterocycles. The van der Waals surface area contributed by atoms with Gasteiger partial charge in [-0.05, 0) is 19.9 Å². The molecule has 0 unspecified atom stereocenters. The third-order valence-corrected chi connectivity index (χ3v) is 1.53. The monoisotopic (exact) mass is 164 g/mol. The Balaban J connectivity index is 4.30. The van der Waals surface area contributed by atoms with Crippen LogP contribution in [0.5, 0.6) is 0 Å². The topological polar surface area (TPSA) is 0 Å². The summed E-state index contributed by atoms with van der Waals surface area (Å²) in [5.41, 5.74) is 0.625. The van der Waals surface area contributed by atoms with E-state index < -0.39 is 18.7 Å². The van der Waals surface area contributed by atoms with E-state index >= 15 is 0 Å². The second-order valence-electron chi connectivity index (χ2n) is 2.25. The van der Waals surface area contributed by atoms with Gasteiger partial charge in [-0.3, -0.25) is 4.39 Å². The summed E-state index contributed by atoms with van der Waals surface area (Å²) in [6, 6.07) is 0. The quantitative estimate of drug-likeness (QED) is 0.561. The summed E-state index contributed by atoms with van der Waals surface area (Å²) in [6.45, 7) is 2.55. The molecule has 11 heavy (non-hydrogen) atoms. The fourth-order valence-electron chi connectivity index (χ4n) is 0.664. The van der Waals surface area contributed by atoms with E-state index in [0.29, 0.717) is 11.6 Å². The Hall–Kier alpha value is -0.730. The highest BCUT2D eigenvalue weighted by Gasteiger charge is 2.07. The van der Waals surface area contributed by atoms with Gasteiger partial charge in [0.05, 0.1) is 6.67 Å². The van der Waals surface area contributed by atoms with Crippen molar-refractivity contribution < 1.29 is 13.2 Å². The minimum atomic E-state index is -1.83. The third kappa shape index (κ3) is 3.86. The summed E-state index contributed by atoms with van der Waals surface area (Å²) in [5, 5.41) is 0. The zero-order valence-electron chi connectivity index (χ0n) is 6.57. The van der Waals surface area contributed by atoms with Crippen LogP contribution in [0.3, 0.4) is 0 Å². The molecule has 0 aromatic carbocycles. The molecule has 0 radical (unpaired) electrons. The van der Waals surface area contributed by atoms with Crippen LogP contribution < -0.4 is 0 Å². The van der Waals surface area contributed by atoms with Crippen molar-refractivity contribution in [1.29, 1.82) is 0 Å². The normalized spacial score (nSPS) is 14.5. The molecule has 3 heteroatoms. The molecule has 0 aliphatic carbocycles. The predicted octanol–water partition coefficient (Wildman–Crippen LogP) is 3.32. The molecular formula is C8H11F3. The van der Waals surface area contributed by atoms with Crippen molar-refractivity contribution in [3.8, 4) is 0 Å². The van der Waals surface area contributed by atoms with E-state index in [1.165, 1.54) is 0 Å². The number of rotatable bonds is 3. The molecule has 0 bridgehead atoms. The zero-order chi connectivity index (χ0) is 8.85. The summed E-state index contributed by atoms with van der Waals surface area (Å²) >= 11 is 0. The van der Waals surface area contributed by atoms with E-state index in [1.54, 1.807) is 19.9 Å². The smallest absolute Gasteiger partial charge is 0.250 e. The van der Waals surface area contributed by atoms with Crippen LogP contribution in [-0.2, 0) is 0 Å². The van der Waals surface area contributed by atoms with Gasteiger partial charge in [0, 0.05) is 5.92 Å². The largest absolute Gasteiger partial charge is 0.267 e. The average molecular weight is 164 g/mol. The van der Waals surface area contributed by atoms with Crippen molar-refractivity contribution in [3.63, 3.8) is 0 Å². The second-order valence-corrected chi connectivity index (χ2v) is 2.25.